The van der Waals surface area contributed by atoms with Crippen LogP contribution < -0.4 is 15.0 Å². The molecule has 6 nitrogen and oxygen atoms in total. The summed E-state index contributed by atoms with van der Waals surface area (Å²) in [6, 6.07) is 17.1. The van der Waals surface area contributed by atoms with Crippen LogP contribution in [0.1, 0.15) is 50.1 Å². The Hall–Kier alpha value is -2.49. The average molecular weight is 692 g/mol. The summed E-state index contributed by atoms with van der Waals surface area (Å²) in [6.45, 7) is 6.90. The number of hydrogen-bond donors (Lipinski definition) is 0. The van der Waals surface area contributed by atoms with E-state index in [1.54, 1.807) is 12.3 Å². The minimum atomic E-state index is -0.206. The van der Waals surface area contributed by atoms with Crippen LogP contribution in [0.15, 0.2) is 77.9 Å². The van der Waals surface area contributed by atoms with E-state index in [0.29, 0.717) is 41.4 Å². The highest BCUT2D eigenvalue weighted by Crippen LogP contribution is 2.30. The van der Waals surface area contributed by atoms with E-state index in [2.05, 4.69) is 59.8 Å². The third kappa shape index (κ3) is 6.51. The molecule has 4 aromatic rings. The van der Waals surface area contributed by atoms with Crippen LogP contribution in [0.25, 0.3) is 10.9 Å². The van der Waals surface area contributed by atoms with Crippen LogP contribution in [0.2, 0.25) is 0 Å². The molecule has 1 atom stereocenters. The van der Waals surface area contributed by atoms with Gasteiger partial charge in [-0.15, -0.1) is 0 Å². The van der Waals surface area contributed by atoms with Gasteiger partial charge in [-0.3, -0.25) is 4.79 Å². The molecule has 0 fully saturated rings. The van der Waals surface area contributed by atoms with Crippen LogP contribution in [0.4, 0.5) is 0 Å². The Balaban J connectivity index is 1.66. The van der Waals surface area contributed by atoms with Crippen molar-refractivity contribution in [2.75, 3.05) is 6.61 Å². The number of fused-ring (bicyclic) bond motifs is 1. The predicted octanol–water partition coefficient (Wildman–Crippen LogP) is 8.06. The van der Waals surface area contributed by atoms with Crippen molar-refractivity contribution in [3.63, 3.8) is 0 Å². The van der Waals surface area contributed by atoms with Crippen LogP contribution in [-0.2, 0) is 6.61 Å². The van der Waals surface area contributed by atoms with Crippen LogP contribution in [0, 0.1) is 0 Å². The first-order chi connectivity index (χ1) is 17.8. The molecular formula is C28H26Br3N3O3. The van der Waals surface area contributed by atoms with Crippen LogP contribution in [0.5, 0.6) is 11.5 Å². The van der Waals surface area contributed by atoms with Gasteiger partial charge in [0, 0.05) is 24.9 Å². The summed E-state index contributed by atoms with van der Waals surface area (Å²) in [5.74, 6) is 1.92. The molecule has 37 heavy (non-hydrogen) atoms. The number of halogens is 3. The molecule has 1 heterocycles. The summed E-state index contributed by atoms with van der Waals surface area (Å²) in [6.07, 6.45) is 2.48. The molecule has 0 amide bonds. The first-order valence-electron chi connectivity index (χ1n) is 11.9. The summed E-state index contributed by atoms with van der Waals surface area (Å²) >= 11 is 10.5. The monoisotopic (exact) mass is 689 g/mol. The van der Waals surface area contributed by atoms with Gasteiger partial charge in [-0.25, -0.2) is 4.98 Å². The van der Waals surface area contributed by atoms with Crippen LogP contribution in [-0.4, -0.2) is 22.5 Å². The summed E-state index contributed by atoms with van der Waals surface area (Å²) in [4.78, 5) is 18.1. The third-order valence-electron chi connectivity index (χ3n) is 5.87. The van der Waals surface area contributed by atoms with Crippen molar-refractivity contribution >= 4 is 64.9 Å². The van der Waals surface area contributed by atoms with Crippen molar-refractivity contribution in [3.8, 4) is 11.5 Å². The molecule has 4 rings (SSSR count). The Bertz CT molecular complexity index is 1520. The van der Waals surface area contributed by atoms with E-state index < -0.39 is 0 Å². The summed E-state index contributed by atoms with van der Waals surface area (Å²) in [5.41, 5.74) is 2.25. The van der Waals surface area contributed by atoms with Gasteiger partial charge in [-0.1, -0.05) is 67.7 Å². The maximum Gasteiger partial charge on any atom is 0.282 e. The second-order valence-electron chi connectivity index (χ2n) is 8.47. The van der Waals surface area contributed by atoms with E-state index in [9.17, 15) is 4.79 Å². The fraction of sp³-hybridized carbons (Fsp3) is 0.250. The average Bonchev–Trinajstić information content (AvgIpc) is 2.88. The van der Waals surface area contributed by atoms with Crippen molar-refractivity contribution in [3.05, 3.63) is 95.3 Å². The van der Waals surface area contributed by atoms with E-state index in [1.807, 2.05) is 62.4 Å². The van der Waals surface area contributed by atoms with Gasteiger partial charge < -0.3 is 9.47 Å². The van der Waals surface area contributed by atoms with Crippen molar-refractivity contribution in [1.29, 1.82) is 0 Å². The summed E-state index contributed by atoms with van der Waals surface area (Å²) in [5, 5.41) is 5.07. The van der Waals surface area contributed by atoms with Crippen molar-refractivity contribution in [1.82, 2.24) is 9.66 Å². The maximum absolute atomic E-state index is 13.4. The quantitative estimate of drug-likeness (QED) is 0.167. The topological polar surface area (TPSA) is 65.7 Å². The molecule has 0 aliphatic rings. The fourth-order valence-corrected chi connectivity index (χ4v) is 5.21. The smallest absolute Gasteiger partial charge is 0.282 e. The molecule has 9 heteroatoms. The number of hydrogen-bond acceptors (Lipinski definition) is 5. The molecule has 192 valence electrons. The molecule has 0 unspecified atom stereocenters. The highest BCUT2D eigenvalue weighted by Gasteiger charge is 2.16. The Morgan fingerprint density at radius 3 is 2.46 bits per heavy atom. The number of nitrogens with zero attached hydrogens (tertiary/aromatic N) is 3. The van der Waals surface area contributed by atoms with Gasteiger partial charge in [0.05, 0.1) is 23.7 Å². The van der Waals surface area contributed by atoms with Crippen molar-refractivity contribution in [2.45, 2.75) is 39.7 Å². The lowest BCUT2D eigenvalue weighted by Crippen LogP contribution is -2.23. The SMILES string of the molecule is CCOc1cc(C=Nn2c([C@H](C)CC)nc3ccc(Br)cc3c2=O)ccc1OCc1ccc(Br)cc1Br. The second-order valence-corrected chi connectivity index (χ2v) is 11.2. The molecule has 0 radical (unpaired) electrons. The Labute approximate surface area is 241 Å². The normalized spacial score (nSPS) is 12.3. The zero-order valence-corrected chi connectivity index (χ0v) is 25.4. The van der Waals surface area contributed by atoms with Crippen LogP contribution >= 0.6 is 47.8 Å². The number of ether oxygens (including phenoxy) is 2. The third-order valence-corrected chi connectivity index (χ3v) is 7.60. The van der Waals surface area contributed by atoms with Crippen molar-refractivity contribution < 1.29 is 9.47 Å². The van der Waals surface area contributed by atoms with Gasteiger partial charge in [-0.2, -0.15) is 9.78 Å². The van der Waals surface area contributed by atoms with E-state index in [0.717, 1.165) is 31.0 Å². The Morgan fingerprint density at radius 1 is 0.973 bits per heavy atom. The minimum Gasteiger partial charge on any atom is -0.490 e. The summed E-state index contributed by atoms with van der Waals surface area (Å²) in [7, 11) is 0. The standard InChI is InChI=1S/C28H26Br3N3O3/c1-4-17(3)27-33-24-10-9-20(29)13-22(24)28(35)34(27)32-15-18-6-11-25(26(12-18)36-5-2)37-16-19-7-8-21(30)14-23(19)31/h6-15,17H,4-5,16H2,1-3H3/t17-/m1/s1. The molecule has 0 saturated carbocycles. The first kappa shape index (κ1) is 27.5. The van der Waals surface area contributed by atoms with Gasteiger partial charge in [0.15, 0.2) is 11.5 Å². The van der Waals surface area contributed by atoms with E-state index >= 15 is 0 Å². The van der Waals surface area contributed by atoms with E-state index in [1.165, 1.54) is 4.68 Å². The molecule has 3 aromatic carbocycles. The van der Waals surface area contributed by atoms with Gasteiger partial charge in [0.1, 0.15) is 12.4 Å². The Morgan fingerprint density at radius 2 is 1.73 bits per heavy atom. The molecule has 0 aliphatic heterocycles. The largest absolute Gasteiger partial charge is 0.490 e. The zero-order valence-electron chi connectivity index (χ0n) is 20.7. The lowest BCUT2D eigenvalue weighted by molar-refractivity contribution is 0.269. The molecule has 1 aromatic heterocycles. The van der Waals surface area contributed by atoms with Crippen molar-refractivity contribution in [2.24, 2.45) is 5.10 Å². The van der Waals surface area contributed by atoms with Crippen LogP contribution in [0.3, 0.4) is 0 Å². The number of rotatable bonds is 9. The highest BCUT2D eigenvalue weighted by atomic mass is 79.9. The van der Waals surface area contributed by atoms with E-state index in [-0.39, 0.29) is 11.5 Å². The molecular weight excluding hydrogens is 666 g/mol. The first-order valence-corrected chi connectivity index (χ1v) is 14.3. The van der Waals surface area contributed by atoms with E-state index in [4.69, 9.17) is 14.5 Å². The minimum absolute atomic E-state index is 0.0607. The lowest BCUT2D eigenvalue weighted by atomic mass is 10.1. The lowest BCUT2D eigenvalue weighted by Gasteiger charge is -2.15. The molecule has 0 aliphatic carbocycles. The predicted molar refractivity (Wildman–Crippen MR) is 159 cm³/mol. The zero-order chi connectivity index (χ0) is 26.5. The van der Waals surface area contributed by atoms with Gasteiger partial charge in [0.2, 0.25) is 0 Å². The molecule has 0 bridgehead atoms. The Kier molecular flexibility index (Phi) is 9.21. The second kappa shape index (κ2) is 12.4. The molecule has 0 spiro atoms. The highest BCUT2D eigenvalue weighted by molar-refractivity contribution is 9.11. The van der Waals surface area contributed by atoms with Gasteiger partial charge in [0.25, 0.3) is 5.56 Å². The fourth-order valence-electron chi connectivity index (χ4n) is 3.69. The van der Waals surface area contributed by atoms with Gasteiger partial charge >= 0.3 is 0 Å². The molecule has 0 N–H and O–H groups in total. The molecule has 0 saturated heterocycles. The number of aromatic nitrogens is 2. The summed E-state index contributed by atoms with van der Waals surface area (Å²) < 4.78 is 16.1. The van der Waals surface area contributed by atoms with Gasteiger partial charge in [-0.05, 0) is 67.4 Å². The number of benzene rings is 3. The maximum atomic E-state index is 13.4.